The van der Waals surface area contributed by atoms with Gasteiger partial charge in [0, 0.05) is 11.8 Å². The third-order valence-electron chi connectivity index (χ3n) is 3.09. The fourth-order valence-electron chi connectivity index (χ4n) is 2.03. The van der Waals surface area contributed by atoms with E-state index in [-0.39, 0.29) is 11.7 Å². The number of hydrogen-bond donors (Lipinski definition) is 0. The maximum atomic E-state index is 11.9. The molecule has 0 atom stereocenters. The van der Waals surface area contributed by atoms with Gasteiger partial charge >= 0.3 is 5.97 Å². The van der Waals surface area contributed by atoms with E-state index in [1.165, 1.54) is 30.0 Å². The summed E-state index contributed by atoms with van der Waals surface area (Å²) in [6, 6.07) is 14.9. The summed E-state index contributed by atoms with van der Waals surface area (Å²) in [4.78, 5) is 11.9. The number of nitriles is 1. The van der Waals surface area contributed by atoms with Crippen molar-refractivity contribution in [1.29, 1.82) is 5.26 Å². The molecule has 2 aromatic rings. The van der Waals surface area contributed by atoms with Gasteiger partial charge in [0.1, 0.15) is 0 Å². The van der Waals surface area contributed by atoms with Crippen molar-refractivity contribution >= 4 is 17.7 Å². The summed E-state index contributed by atoms with van der Waals surface area (Å²) >= 11 is 1.50. The monoisotopic (exact) mass is 327 g/mol. The van der Waals surface area contributed by atoms with Crippen molar-refractivity contribution in [2.45, 2.75) is 12.7 Å². The Balaban J connectivity index is 1.89. The Labute approximate surface area is 140 Å². The molecule has 0 fully saturated rings. The van der Waals surface area contributed by atoms with Crippen LogP contribution in [-0.2, 0) is 10.5 Å². The van der Waals surface area contributed by atoms with Crippen molar-refractivity contribution in [1.82, 2.24) is 0 Å². The van der Waals surface area contributed by atoms with Crippen LogP contribution in [0.15, 0.2) is 42.5 Å². The summed E-state index contributed by atoms with van der Waals surface area (Å²) in [5, 5.41) is 8.86. The van der Waals surface area contributed by atoms with Crippen LogP contribution in [0.2, 0.25) is 0 Å². The number of nitrogens with zero attached hydrogens (tertiary/aromatic N) is 1. The summed E-state index contributed by atoms with van der Waals surface area (Å²) in [6.45, 7) is 2.04. The quantitative estimate of drug-likeness (QED) is 0.598. The van der Waals surface area contributed by atoms with E-state index in [4.69, 9.17) is 14.7 Å². The Bertz CT molecular complexity index is 737. The lowest BCUT2D eigenvalue weighted by molar-refractivity contribution is -0.131. The molecule has 0 aliphatic heterocycles. The first-order valence-corrected chi connectivity index (χ1v) is 8.20. The second-order valence-corrected chi connectivity index (χ2v) is 5.92. The molecule has 0 saturated heterocycles. The zero-order valence-electron chi connectivity index (χ0n) is 13.0. The summed E-state index contributed by atoms with van der Waals surface area (Å²) < 4.78 is 10.4. The van der Waals surface area contributed by atoms with Crippen molar-refractivity contribution in [3.63, 3.8) is 0 Å². The van der Waals surface area contributed by atoms with Gasteiger partial charge in [-0.2, -0.15) is 5.26 Å². The van der Waals surface area contributed by atoms with Gasteiger partial charge in [-0.05, 0) is 24.6 Å². The zero-order chi connectivity index (χ0) is 16.7. The van der Waals surface area contributed by atoms with E-state index in [0.29, 0.717) is 17.1 Å². The third kappa shape index (κ3) is 5.04. The third-order valence-corrected chi connectivity index (χ3v) is 4.06. The predicted octanol–water partition coefficient (Wildman–Crippen LogP) is 3.71. The summed E-state index contributed by atoms with van der Waals surface area (Å²) in [7, 11) is 1.47. The molecule has 0 N–H and O–H groups in total. The Morgan fingerprint density at radius 1 is 1.22 bits per heavy atom. The van der Waals surface area contributed by atoms with E-state index < -0.39 is 0 Å². The summed E-state index contributed by atoms with van der Waals surface area (Å²) in [6.07, 6.45) is 0. The molecule has 4 nitrogen and oxygen atoms in total. The zero-order valence-corrected chi connectivity index (χ0v) is 13.9. The molecule has 0 heterocycles. The Morgan fingerprint density at radius 3 is 2.74 bits per heavy atom. The smallest absolute Gasteiger partial charge is 0.321 e. The van der Waals surface area contributed by atoms with Gasteiger partial charge in [-0.3, -0.25) is 4.79 Å². The van der Waals surface area contributed by atoms with Crippen molar-refractivity contribution in [3.8, 4) is 17.6 Å². The Kier molecular flexibility index (Phi) is 6.07. The van der Waals surface area contributed by atoms with Gasteiger partial charge < -0.3 is 9.47 Å². The Morgan fingerprint density at radius 2 is 2.04 bits per heavy atom. The fraction of sp³-hybridized carbons (Fsp3) is 0.222. The molecule has 0 radical (unpaired) electrons. The maximum Gasteiger partial charge on any atom is 0.321 e. The number of thioether (sulfide) groups is 1. The number of carbonyl (C=O) groups is 1. The van der Waals surface area contributed by atoms with E-state index in [1.807, 2.05) is 31.2 Å². The molecule has 0 bridgehead atoms. The average Bonchev–Trinajstić information content (AvgIpc) is 2.55. The summed E-state index contributed by atoms with van der Waals surface area (Å²) in [5.41, 5.74) is 2.84. The van der Waals surface area contributed by atoms with Crippen molar-refractivity contribution in [2.24, 2.45) is 0 Å². The van der Waals surface area contributed by atoms with Crippen molar-refractivity contribution in [3.05, 3.63) is 59.2 Å². The lowest BCUT2D eigenvalue weighted by atomic mass is 10.2. The highest BCUT2D eigenvalue weighted by atomic mass is 32.2. The number of rotatable bonds is 6. The molecule has 0 aliphatic carbocycles. The topological polar surface area (TPSA) is 59.3 Å². The number of esters is 1. The number of methoxy groups -OCH3 is 1. The fourth-order valence-corrected chi connectivity index (χ4v) is 2.77. The van der Waals surface area contributed by atoms with E-state index in [0.717, 1.165) is 5.75 Å². The minimum absolute atomic E-state index is 0.247. The standard InChI is InChI=1S/C18H17NO3S/c1-13-4-3-5-15(8-13)11-23-12-18(20)22-16-7-6-14(10-19)9-17(16)21-2/h3-9H,11-12H2,1-2H3. The number of ether oxygens (including phenoxy) is 2. The van der Waals surface area contributed by atoms with Crippen LogP contribution < -0.4 is 9.47 Å². The molecule has 0 amide bonds. The molecule has 118 valence electrons. The second-order valence-electron chi connectivity index (χ2n) is 4.93. The Hall–Kier alpha value is -2.45. The highest BCUT2D eigenvalue weighted by Crippen LogP contribution is 2.28. The maximum absolute atomic E-state index is 11.9. The largest absolute Gasteiger partial charge is 0.493 e. The number of carbonyl (C=O) groups excluding carboxylic acids is 1. The second kappa shape index (κ2) is 8.25. The molecule has 0 aromatic heterocycles. The lowest BCUT2D eigenvalue weighted by Gasteiger charge is -2.09. The predicted molar refractivity (Wildman–Crippen MR) is 90.7 cm³/mol. The van der Waals surface area contributed by atoms with E-state index in [9.17, 15) is 4.79 Å². The molecule has 0 aliphatic rings. The van der Waals surface area contributed by atoms with Crippen LogP contribution in [0.25, 0.3) is 0 Å². The van der Waals surface area contributed by atoms with Crippen LogP contribution in [0.1, 0.15) is 16.7 Å². The van der Waals surface area contributed by atoms with Crippen LogP contribution in [-0.4, -0.2) is 18.8 Å². The van der Waals surface area contributed by atoms with Gasteiger partial charge in [-0.15, -0.1) is 11.8 Å². The minimum Gasteiger partial charge on any atom is -0.493 e. The van der Waals surface area contributed by atoms with Gasteiger partial charge in [-0.25, -0.2) is 0 Å². The average molecular weight is 327 g/mol. The van der Waals surface area contributed by atoms with E-state index in [1.54, 1.807) is 18.2 Å². The molecule has 0 unspecified atom stereocenters. The van der Waals surface area contributed by atoms with E-state index in [2.05, 4.69) is 6.07 Å². The molecule has 2 aromatic carbocycles. The number of benzene rings is 2. The van der Waals surface area contributed by atoms with Crippen molar-refractivity contribution in [2.75, 3.05) is 12.9 Å². The van der Waals surface area contributed by atoms with Gasteiger partial charge in [0.05, 0.1) is 24.5 Å². The minimum atomic E-state index is -0.342. The highest BCUT2D eigenvalue weighted by Gasteiger charge is 2.11. The first-order valence-electron chi connectivity index (χ1n) is 7.04. The van der Waals surface area contributed by atoms with Crippen LogP contribution in [0.4, 0.5) is 0 Å². The van der Waals surface area contributed by atoms with Gasteiger partial charge in [0.2, 0.25) is 0 Å². The number of aryl methyl sites for hydroxylation is 1. The first-order chi connectivity index (χ1) is 11.1. The number of hydrogen-bond acceptors (Lipinski definition) is 5. The molecular weight excluding hydrogens is 310 g/mol. The van der Waals surface area contributed by atoms with Crippen molar-refractivity contribution < 1.29 is 14.3 Å². The van der Waals surface area contributed by atoms with Gasteiger partial charge in [0.25, 0.3) is 0 Å². The molecule has 2 rings (SSSR count). The van der Waals surface area contributed by atoms with Gasteiger partial charge in [-0.1, -0.05) is 29.8 Å². The van der Waals surface area contributed by atoms with Crippen LogP contribution in [0.3, 0.4) is 0 Å². The molecule has 0 spiro atoms. The normalized spacial score (nSPS) is 9.96. The van der Waals surface area contributed by atoms with Crippen LogP contribution >= 0.6 is 11.8 Å². The van der Waals surface area contributed by atoms with Gasteiger partial charge in [0.15, 0.2) is 11.5 Å². The SMILES string of the molecule is COc1cc(C#N)ccc1OC(=O)CSCc1cccc(C)c1. The molecule has 23 heavy (non-hydrogen) atoms. The lowest BCUT2D eigenvalue weighted by Crippen LogP contribution is -2.11. The molecule has 5 heteroatoms. The van der Waals surface area contributed by atoms with Crippen LogP contribution in [0.5, 0.6) is 11.5 Å². The molecular formula is C18H17NO3S. The first kappa shape index (κ1) is 16.9. The molecule has 0 saturated carbocycles. The summed E-state index contributed by atoms with van der Waals surface area (Å²) in [5.74, 6) is 1.36. The van der Waals surface area contributed by atoms with Crippen LogP contribution in [0, 0.1) is 18.3 Å². The van der Waals surface area contributed by atoms with E-state index >= 15 is 0 Å². The highest BCUT2D eigenvalue weighted by molar-refractivity contribution is 7.99.